The van der Waals surface area contributed by atoms with Gasteiger partial charge >= 0.3 is 0 Å². The average molecular weight is 334 g/mol. The van der Waals surface area contributed by atoms with E-state index in [1.54, 1.807) is 36.4 Å². The molecular weight excluding hydrogens is 320 g/mol. The van der Waals surface area contributed by atoms with Gasteiger partial charge in [-0.15, -0.1) is 0 Å². The van der Waals surface area contributed by atoms with E-state index < -0.39 is 15.7 Å². The number of rotatable bonds is 4. The van der Waals surface area contributed by atoms with Crippen molar-refractivity contribution < 1.29 is 13.2 Å². The van der Waals surface area contributed by atoms with Gasteiger partial charge in [0.25, 0.3) is 0 Å². The van der Waals surface area contributed by atoms with Gasteiger partial charge in [-0.25, -0.2) is 8.42 Å². The van der Waals surface area contributed by atoms with Crippen molar-refractivity contribution in [1.29, 1.82) is 0 Å². The van der Waals surface area contributed by atoms with E-state index in [4.69, 9.17) is 18.0 Å². The topological polar surface area (TPSA) is 89.3 Å². The number of amides is 1. The van der Waals surface area contributed by atoms with Gasteiger partial charge in [-0.05, 0) is 36.4 Å². The van der Waals surface area contributed by atoms with Crippen molar-refractivity contribution >= 4 is 38.6 Å². The molecule has 0 aliphatic rings. The summed E-state index contributed by atoms with van der Waals surface area (Å²) in [6.45, 7) is 0. The molecule has 0 heterocycles. The molecule has 0 saturated carbocycles. The lowest BCUT2D eigenvalue weighted by atomic mass is 10.1. The van der Waals surface area contributed by atoms with Gasteiger partial charge in [-0.3, -0.25) is 4.79 Å². The van der Waals surface area contributed by atoms with Crippen molar-refractivity contribution in [3.8, 4) is 0 Å². The summed E-state index contributed by atoms with van der Waals surface area (Å²) in [6.07, 6.45) is 1.15. The summed E-state index contributed by atoms with van der Waals surface area (Å²) in [6, 6.07) is 12.9. The number of benzene rings is 2. The number of carbonyl (C=O) groups excluding carboxylic acids is 1. The molecule has 0 aromatic heterocycles. The number of anilines is 1. The quantitative estimate of drug-likeness (QED) is 0.835. The molecule has 0 unspecified atom stereocenters. The Labute approximate surface area is 134 Å². The summed E-state index contributed by atoms with van der Waals surface area (Å²) in [7, 11) is -3.23. The van der Waals surface area contributed by atoms with Crippen molar-refractivity contribution in [3.63, 3.8) is 0 Å². The Hall–Kier alpha value is -2.25. The van der Waals surface area contributed by atoms with Gasteiger partial charge in [0.1, 0.15) is 4.99 Å². The summed E-state index contributed by atoms with van der Waals surface area (Å²) < 4.78 is 22.8. The Morgan fingerprint density at radius 2 is 1.68 bits per heavy atom. The van der Waals surface area contributed by atoms with E-state index >= 15 is 0 Å². The summed E-state index contributed by atoms with van der Waals surface area (Å²) in [4.78, 5) is 11.8. The molecule has 0 atom stereocenters. The van der Waals surface area contributed by atoms with Crippen LogP contribution >= 0.6 is 12.2 Å². The largest absolute Gasteiger partial charge is 0.366 e. The molecular formula is C15H14N2O3S2. The second-order valence-corrected chi connectivity index (χ2v) is 7.12. The highest BCUT2D eigenvalue weighted by molar-refractivity contribution is 7.90. The predicted molar refractivity (Wildman–Crippen MR) is 89.8 cm³/mol. The van der Waals surface area contributed by atoms with Crippen LogP contribution in [0.3, 0.4) is 0 Å². The molecule has 0 aliphatic carbocycles. The highest BCUT2D eigenvalue weighted by atomic mass is 32.2. The van der Waals surface area contributed by atoms with Gasteiger partial charge in [-0.2, -0.15) is 0 Å². The Balaban J connectivity index is 2.18. The van der Waals surface area contributed by atoms with E-state index in [1.165, 1.54) is 12.1 Å². The van der Waals surface area contributed by atoms with Crippen LogP contribution in [0.5, 0.6) is 0 Å². The lowest BCUT2D eigenvalue weighted by molar-refractivity contribution is 0.100. The van der Waals surface area contributed by atoms with Crippen LogP contribution in [0.1, 0.15) is 15.9 Å². The van der Waals surface area contributed by atoms with E-state index in [-0.39, 0.29) is 4.90 Å². The van der Waals surface area contributed by atoms with Crippen molar-refractivity contribution in [2.75, 3.05) is 11.6 Å². The van der Waals surface area contributed by atoms with Crippen LogP contribution in [-0.2, 0) is 9.84 Å². The fourth-order valence-corrected chi connectivity index (χ4v) is 2.68. The zero-order chi connectivity index (χ0) is 16.3. The first-order valence-corrected chi connectivity index (χ1v) is 8.59. The van der Waals surface area contributed by atoms with Crippen LogP contribution in [0, 0.1) is 0 Å². The third-order valence-corrected chi connectivity index (χ3v) is 4.42. The Bertz CT molecular complexity index is 828. The first-order valence-electron chi connectivity index (χ1n) is 6.29. The van der Waals surface area contributed by atoms with Gasteiger partial charge < -0.3 is 11.1 Å². The Morgan fingerprint density at radius 3 is 2.23 bits per heavy atom. The number of thiocarbonyl (C=S) groups is 1. The highest BCUT2D eigenvalue weighted by Crippen LogP contribution is 2.15. The van der Waals surface area contributed by atoms with Crippen LogP contribution in [0.25, 0.3) is 0 Å². The average Bonchev–Trinajstić information content (AvgIpc) is 2.47. The molecule has 22 heavy (non-hydrogen) atoms. The fraction of sp³-hybridized carbons (Fsp3) is 0.0667. The Morgan fingerprint density at radius 1 is 1.09 bits per heavy atom. The number of hydrogen-bond acceptors (Lipinski definition) is 4. The zero-order valence-electron chi connectivity index (χ0n) is 11.7. The molecule has 2 rings (SSSR count). The molecule has 0 saturated heterocycles. The third kappa shape index (κ3) is 3.90. The van der Waals surface area contributed by atoms with Crippen molar-refractivity contribution in [2.24, 2.45) is 5.73 Å². The minimum Gasteiger partial charge on any atom is -0.366 e. The summed E-state index contributed by atoms with van der Waals surface area (Å²) in [5, 5.41) is 2.99. The molecule has 2 aromatic carbocycles. The number of nitrogens with one attached hydrogen (secondary N) is 1. The SMILES string of the molecule is CS(=O)(=O)c1ccc(NC(=S)c2cccc(C(N)=O)c2)cc1. The van der Waals surface area contributed by atoms with Crippen LogP contribution in [-0.4, -0.2) is 25.6 Å². The fourth-order valence-electron chi connectivity index (χ4n) is 1.80. The lowest BCUT2D eigenvalue weighted by Crippen LogP contribution is -2.14. The van der Waals surface area contributed by atoms with E-state index in [1.807, 2.05) is 0 Å². The number of sulfone groups is 1. The molecule has 1 amide bonds. The second kappa shape index (κ2) is 6.25. The molecule has 0 spiro atoms. The summed E-state index contributed by atoms with van der Waals surface area (Å²) >= 11 is 5.27. The molecule has 0 fully saturated rings. The van der Waals surface area contributed by atoms with Crippen LogP contribution < -0.4 is 11.1 Å². The minimum atomic E-state index is -3.23. The third-order valence-electron chi connectivity index (χ3n) is 2.95. The zero-order valence-corrected chi connectivity index (χ0v) is 13.4. The second-order valence-electron chi connectivity index (χ2n) is 4.70. The van der Waals surface area contributed by atoms with Crippen LogP contribution in [0.2, 0.25) is 0 Å². The number of primary amides is 1. The molecule has 7 heteroatoms. The van der Waals surface area contributed by atoms with Crippen LogP contribution in [0.4, 0.5) is 5.69 Å². The van der Waals surface area contributed by atoms with E-state index in [9.17, 15) is 13.2 Å². The minimum absolute atomic E-state index is 0.236. The van der Waals surface area contributed by atoms with Gasteiger partial charge in [0.15, 0.2) is 9.84 Å². The maximum absolute atomic E-state index is 11.4. The lowest BCUT2D eigenvalue weighted by Gasteiger charge is -2.09. The number of nitrogens with two attached hydrogens (primary N) is 1. The smallest absolute Gasteiger partial charge is 0.248 e. The highest BCUT2D eigenvalue weighted by Gasteiger charge is 2.08. The maximum Gasteiger partial charge on any atom is 0.248 e. The van der Waals surface area contributed by atoms with Gasteiger partial charge in [-0.1, -0.05) is 24.4 Å². The van der Waals surface area contributed by atoms with E-state index in [0.717, 1.165) is 6.26 Å². The van der Waals surface area contributed by atoms with Crippen molar-refractivity contribution in [1.82, 2.24) is 0 Å². The predicted octanol–water partition coefficient (Wildman–Crippen LogP) is 1.98. The first-order chi connectivity index (χ1) is 10.3. The van der Waals surface area contributed by atoms with Crippen LogP contribution in [0.15, 0.2) is 53.4 Å². The number of carbonyl (C=O) groups is 1. The summed E-state index contributed by atoms with van der Waals surface area (Å²) in [5.74, 6) is -0.526. The van der Waals surface area contributed by atoms with E-state index in [0.29, 0.717) is 21.8 Å². The summed E-state index contributed by atoms with van der Waals surface area (Å²) in [5.41, 5.74) is 6.91. The van der Waals surface area contributed by atoms with Crippen molar-refractivity contribution in [3.05, 3.63) is 59.7 Å². The molecule has 0 bridgehead atoms. The molecule has 3 N–H and O–H groups in total. The van der Waals surface area contributed by atoms with Gasteiger partial charge in [0.2, 0.25) is 5.91 Å². The first kappa shape index (κ1) is 16.1. The number of hydrogen-bond donors (Lipinski definition) is 2. The molecule has 0 radical (unpaired) electrons. The maximum atomic E-state index is 11.4. The van der Waals surface area contributed by atoms with Gasteiger partial charge in [0.05, 0.1) is 4.90 Å². The molecule has 5 nitrogen and oxygen atoms in total. The Kier molecular flexibility index (Phi) is 4.58. The van der Waals surface area contributed by atoms with Gasteiger partial charge in [0, 0.05) is 23.1 Å². The normalized spacial score (nSPS) is 11.0. The molecule has 114 valence electrons. The van der Waals surface area contributed by atoms with E-state index in [2.05, 4.69) is 5.32 Å². The van der Waals surface area contributed by atoms with Crippen molar-refractivity contribution in [2.45, 2.75) is 4.90 Å². The molecule has 0 aliphatic heterocycles. The monoisotopic (exact) mass is 334 g/mol. The standard InChI is InChI=1S/C15H14N2O3S2/c1-22(19,20)13-7-5-12(6-8-13)17-15(21)11-4-2-3-10(9-11)14(16)18/h2-9H,1H3,(H2,16,18)(H,17,21). The molecule has 2 aromatic rings.